The van der Waals surface area contributed by atoms with Gasteiger partial charge in [-0.1, -0.05) is 30.3 Å². The molecule has 0 saturated carbocycles. The van der Waals surface area contributed by atoms with Crippen molar-refractivity contribution in [2.75, 3.05) is 13.7 Å². The molecule has 2 aromatic rings. The number of amides is 1. The Bertz CT molecular complexity index is 716. The second-order valence-electron chi connectivity index (χ2n) is 5.72. The quantitative estimate of drug-likeness (QED) is 0.883. The first-order valence-electron chi connectivity index (χ1n) is 7.99. The lowest BCUT2D eigenvalue weighted by Crippen LogP contribution is -2.40. The first-order chi connectivity index (χ1) is 11.7. The molecule has 3 rings (SSSR count). The molecule has 1 aromatic carbocycles. The largest absolute Gasteiger partial charge is 0.481 e. The molecule has 2 N–H and O–H groups in total. The highest BCUT2D eigenvalue weighted by molar-refractivity contribution is 5.82. The van der Waals surface area contributed by atoms with E-state index in [1.54, 1.807) is 12.1 Å². The van der Waals surface area contributed by atoms with E-state index in [4.69, 9.17) is 4.74 Å². The second kappa shape index (κ2) is 7.40. The monoisotopic (exact) mass is 329 g/mol. The summed E-state index contributed by atoms with van der Waals surface area (Å²) in [7, 11) is 1.48. The molecule has 0 bridgehead atoms. The summed E-state index contributed by atoms with van der Waals surface area (Å²) in [6.45, 7) is 1.03. The summed E-state index contributed by atoms with van der Waals surface area (Å²) >= 11 is 0. The van der Waals surface area contributed by atoms with Crippen LogP contribution in [-0.2, 0) is 11.3 Å². The average Bonchev–Trinajstić information content (AvgIpc) is 3.15. The fourth-order valence-corrected chi connectivity index (χ4v) is 2.83. The number of benzene rings is 1. The number of halogens is 1. The minimum atomic E-state index is -0.440. The van der Waals surface area contributed by atoms with Crippen LogP contribution in [0.4, 0.5) is 4.39 Å². The van der Waals surface area contributed by atoms with Crippen molar-refractivity contribution in [2.45, 2.75) is 25.4 Å². The molecule has 0 spiro atoms. The molecule has 0 aliphatic carbocycles. The third-order valence-corrected chi connectivity index (χ3v) is 4.09. The summed E-state index contributed by atoms with van der Waals surface area (Å²) < 4.78 is 19.7. The molecule has 5 nitrogen and oxygen atoms in total. The third-order valence-electron chi connectivity index (χ3n) is 4.09. The first kappa shape index (κ1) is 16.4. The fraction of sp³-hybridized carbons (Fsp3) is 0.333. The van der Waals surface area contributed by atoms with Gasteiger partial charge in [0.15, 0.2) is 0 Å². The smallest absolute Gasteiger partial charge is 0.237 e. The van der Waals surface area contributed by atoms with Crippen LogP contribution < -0.4 is 15.4 Å². The van der Waals surface area contributed by atoms with E-state index in [2.05, 4.69) is 15.6 Å². The third kappa shape index (κ3) is 3.54. The summed E-state index contributed by atoms with van der Waals surface area (Å²) in [6.07, 6.45) is 1.81. The van der Waals surface area contributed by atoms with Crippen molar-refractivity contribution >= 4 is 5.91 Å². The van der Waals surface area contributed by atoms with Gasteiger partial charge in [-0.15, -0.1) is 0 Å². The Hall–Kier alpha value is -2.47. The highest BCUT2D eigenvalue weighted by Crippen LogP contribution is 2.26. The number of rotatable bonds is 5. The van der Waals surface area contributed by atoms with E-state index in [-0.39, 0.29) is 24.2 Å². The molecule has 2 heterocycles. The number of hydrogen-bond donors (Lipinski definition) is 2. The Labute approximate surface area is 140 Å². The van der Waals surface area contributed by atoms with E-state index in [1.165, 1.54) is 13.2 Å². The van der Waals surface area contributed by atoms with E-state index < -0.39 is 5.82 Å². The maximum absolute atomic E-state index is 14.4. The second-order valence-corrected chi connectivity index (χ2v) is 5.72. The van der Waals surface area contributed by atoms with Gasteiger partial charge in [-0.25, -0.2) is 9.37 Å². The van der Waals surface area contributed by atoms with Crippen molar-refractivity contribution in [3.63, 3.8) is 0 Å². The zero-order valence-corrected chi connectivity index (χ0v) is 13.5. The van der Waals surface area contributed by atoms with Crippen LogP contribution in [0.3, 0.4) is 0 Å². The Balaban J connectivity index is 1.78. The van der Waals surface area contributed by atoms with E-state index in [0.29, 0.717) is 17.0 Å². The van der Waals surface area contributed by atoms with E-state index in [0.717, 1.165) is 19.4 Å². The molecular weight excluding hydrogens is 309 g/mol. The van der Waals surface area contributed by atoms with Crippen molar-refractivity contribution in [1.29, 1.82) is 0 Å². The van der Waals surface area contributed by atoms with E-state index in [1.807, 2.05) is 18.2 Å². The molecule has 126 valence electrons. The molecule has 1 saturated heterocycles. The highest BCUT2D eigenvalue weighted by Gasteiger charge is 2.22. The molecule has 1 fully saturated rings. The van der Waals surface area contributed by atoms with Crippen LogP contribution >= 0.6 is 0 Å². The Morgan fingerprint density at radius 2 is 2.21 bits per heavy atom. The maximum Gasteiger partial charge on any atom is 0.237 e. The topological polar surface area (TPSA) is 63.2 Å². The Morgan fingerprint density at radius 1 is 1.42 bits per heavy atom. The summed E-state index contributed by atoms with van der Waals surface area (Å²) in [6, 6.07) is 10.3. The summed E-state index contributed by atoms with van der Waals surface area (Å²) in [5.74, 6) is -0.206. The van der Waals surface area contributed by atoms with Crippen molar-refractivity contribution in [2.24, 2.45) is 0 Å². The van der Waals surface area contributed by atoms with Gasteiger partial charge in [0.1, 0.15) is 11.5 Å². The van der Waals surface area contributed by atoms with Crippen LogP contribution in [0.5, 0.6) is 5.88 Å². The number of hydrogen-bond acceptors (Lipinski definition) is 4. The zero-order chi connectivity index (χ0) is 16.9. The van der Waals surface area contributed by atoms with Crippen LogP contribution in [0.25, 0.3) is 11.3 Å². The van der Waals surface area contributed by atoms with Crippen LogP contribution in [0.1, 0.15) is 18.4 Å². The average molecular weight is 329 g/mol. The van der Waals surface area contributed by atoms with Gasteiger partial charge in [-0.05, 0) is 25.5 Å². The van der Waals surface area contributed by atoms with E-state index in [9.17, 15) is 9.18 Å². The van der Waals surface area contributed by atoms with Gasteiger partial charge in [0.25, 0.3) is 0 Å². The van der Waals surface area contributed by atoms with E-state index >= 15 is 0 Å². The summed E-state index contributed by atoms with van der Waals surface area (Å²) in [5.41, 5.74) is 1.43. The van der Waals surface area contributed by atoms with Gasteiger partial charge >= 0.3 is 0 Å². The lowest BCUT2D eigenvalue weighted by Gasteiger charge is -2.14. The van der Waals surface area contributed by atoms with Crippen LogP contribution in [-0.4, -0.2) is 30.6 Å². The number of pyridine rings is 1. The molecular formula is C18H20FN3O2. The molecule has 1 unspecified atom stereocenters. The number of carbonyl (C=O) groups is 1. The molecule has 1 aliphatic heterocycles. The zero-order valence-electron chi connectivity index (χ0n) is 13.5. The standard InChI is InChI=1S/C18H20FN3O2/c1-24-18-13(11-21-17(23)15-8-5-9-20-15)10-14(19)16(22-18)12-6-3-2-4-7-12/h2-4,6-7,10,15,20H,5,8-9,11H2,1H3,(H,21,23). The van der Waals surface area contributed by atoms with Crippen molar-refractivity contribution in [3.05, 3.63) is 47.8 Å². The number of nitrogens with one attached hydrogen (secondary N) is 2. The lowest BCUT2D eigenvalue weighted by molar-refractivity contribution is -0.122. The maximum atomic E-state index is 14.4. The molecule has 1 aromatic heterocycles. The van der Waals surface area contributed by atoms with Crippen molar-refractivity contribution < 1.29 is 13.9 Å². The molecule has 1 atom stereocenters. The fourth-order valence-electron chi connectivity index (χ4n) is 2.83. The molecule has 0 radical (unpaired) electrons. The molecule has 24 heavy (non-hydrogen) atoms. The SMILES string of the molecule is COc1nc(-c2ccccc2)c(F)cc1CNC(=O)C1CCCN1. The van der Waals surface area contributed by atoms with Gasteiger partial charge in [-0.2, -0.15) is 0 Å². The van der Waals surface area contributed by atoms with Gasteiger partial charge in [0.05, 0.1) is 13.2 Å². The Morgan fingerprint density at radius 3 is 2.88 bits per heavy atom. The number of nitrogens with zero attached hydrogens (tertiary/aromatic N) is 1. The lowest BCUT2D eigenvalue weighted by atomic mass is 10.1. The van der Waals surface area contributed by atoms with Gasteiger partial charge < -0.3 is 15.4 Å². The number of methoxy groups -OCH3 is 1. The number of aromatic nitrogens is 1. The summed E-state index contributed by atoms with van der Waals surface area (Å²) in [4.78, 5) is 16.3. The molecule has 1 aliphatic rings. The minimum Gasteiger partial charge on any atom is -0.481 e. The normalized spacial score (nSPS) is 16.8. The highest BCUT2D eigenvalue weighted by atomic mass is 19.1. The number of ether oxygens (including phenoxy) is 1. The first-order valence-corrected chi connectivity index (χ1v) is 7.99. The van der Waals surface area contributed by atoms with Crippen LogP contribution in [0, 0.1) is 5.82 Å². The van der Waals surface area contributed by atoms with Gasteiger partial charge in [-0.3, -0.25) is 4.79 Å². The van der Waals surface area contributed by atoms with Crippen molar-refractivity contribution in [1.82, 2.24) is 15.6 Å². The van der Waals surface area contributed by atoms with Gasteiger partial charge in [0.2, 0.25) is 11.8 Å². The molecule has 1 amide bonds. The summed E-state index contributed by atoms with van der Waals surface area (Å²) in [5, 5.41) is 5.94. The molecule has 6 heteroatoms. The van der Waals surface area contributed by atoms with Crippen LogP contribution in [0.2, 0.25) is 0 Å². The predicted octanol–water partition coefficient (Wildman–Crippen LogP) is 2.26. The van der Waals surface area contributed by atoms with Gasteiger partial charge in [0, 0.05) is 17.7 Å². The van der Waals surface area contributed by atoms with Crippen LogP contribution in [0.15, 0.2) is 36.4 Å². The number of carbonyl (C=O) groups excluding carboxylic acids is 1. The minimum absolute atomic E-state index is 0.0814. The predicted molar refractivity (Wildman–Crippen MR) is 89.1 cm³/mol. The van der Waals surface area contributed by atoms with Crippen molar-refractivity contribution in [3.8, 4) is 17.1 Å². The Kier molecular flexibility index (Phi) is 5.05.